The van der Waals surface area contributed by atoms with E-state index in [2.05, 4.69) is 15.5 Å². The fraction of sp³-hybridized carbons (Fsp3) is 0.588. The van der Waals surface area contributed by atoms with Crippen molar-refractivity contribution < 1.29 is 47.1 Å². The SMILES string of the molecule is CC(C)(O/N=C(\C(=O)N[C@@H]1C(O)N(S(=O)(=O)O)[C@@H]1CN1C[C@H](CN)OC1=O)c1csc(N)n1)C(=O)O. The molecule has 8 N–H and O–H groups in total. The van der Waals surface area contributed by atoms with Crippen LogP contribution in [0.25, 0.3) is 0 Å². The molecule has 1 aromatic heterocycles. The van der Waals surface area contributed by atoms with Crippen LogP contribution in [-0.2, 0) is 29.5 Å². The molecule has 0 radical (unpaired) electrons. The smallest absolute Gasteiger partial charge is 0.410 e. The zero-order valence-corrected chi connectivity index (χ0v) is 20.6. The average Bonchev–Trinajstić information content (AvgIpc) is 3.35. The van der Waals surface area contributed by atoms with E-state index in [4.69, 9.17) is 21.0 Å². The summed E-state index contributed by atoms with van der Waals surface area (Å²) < 4.78 is 38.5. The first-order valence-electron chi connectivity index (χ1n) is 10.3. The number of aliphatic carboxylic acids is 1. The van der Waals surface area contributed by atoms with Crippen molar-refractivity contribution in [3.8, 4) is 0 Å². The van der Waals surface area contributed by atoms with Gasteiger partial charge in [-0.2, -0.15) is 8.42 Å². The van der Waals surface area contributed by atoms with Gasteiger partial charge in [0.2, 0.25) is 5.60 Å². The normalized spacial score (nSPS) is 25.3. The molecule has 17 nitrogen and oxygen atoms in total. The summed E-state index contributed by atoms with van der Waals surface area (Å²) in [6.45, 7) is 2.04. The number of amides is 2. The van der Waals surface area contributed by atoms with Gasteiger partial charge in [0.15, 0.2) is 10.8 Å². The number of carboxylic acids is 1. The number of nitrogens with zero attached hydrogens (tertiary/aromatic N) is 4. The number of nitrogen functional groups attached to an aromatic ring is 1. The Kier molecular flexibility index (Phi) is 7.72. The zero-order chi connectivity index (χ0) is 27.0. The number of aromatic nitrogens is 1. The van der Waals surface area contributed by atoms with Crippen molar-refractivity contribution in [2.24, 2.45) is 10.9 Å². The van der Waals surface area contributed by atoms with Crippen LogP contribution in [0.5, 0.6) is 0 Å². The van der Waals surface area contributed by atoms with Gasteiger partial charge >= 0.3 is 22.4 Å². The van der Waals surface area contributed by atoms with Gasteiger partial charge in [-0.3, -0.25) is 9.35 Å². The molecule has 0 spiro atoms. The van der Waals surface area contributed by atoms with E-state index in [-0.39, 0.29) is 30.5 Å². The van der Waals surface area contributed by atoms with E-state index in [1.807, 2.05) is 0 Å². The fourth-order valence-corrected chi connectivity index (χ4v) is 4.87. The maximum absolute atomic E-state index is 13.1. The van der Waals surface area contributed by atoms with Gasteiger partial charge in [0, 0.05) is 18.5 Å². The van der Waals surface area contributed by atoms with Crippen LogP contribution in [0.15, 0.2) is 10.5 Å². The number of nitrogens with one attached hydrogen (secondary N) is 1. The molecule has 1 aromatic rings. The van der Waals surface area contributed by atoms with Crippen molar-refractivity contribution in [3.05, 3.63) is 11.1 Å². The summed E-state index contributed by atoms with van der Waals surface area (Å²) in [6, 6.07) is -2.64. The predicted molar refractivity (Wildman–Crippen MR) is 122 cm³/mol. The lowest BCUT2D eigenvalue weighted by Crippen LogP contribution is -2.76. The van der Waals surface area contributed by atoms with Crippen molar-refractivity contribution in [1.29, 1.82) is 0 Å². The Bertz CT molecular complexity index is 1170. The molecule has 36 heavy (non-hydrogen) atoms. The van der Waals surface area contributed by atoms with Crippen LogP contribution in [0.2, 0.25) is 0 Å². The van der Waals surface area contributed by atoms with Gasteiger partial charge in [0.05, 0.1) is 18.6 Å². The van der Waals surface area contributed by atoms with Crippen LogP contribution in [0.1, 0.15) is 19.5 Å². The minimum Gasteiger partial charge on any atom is -0.478 e. The van der Waals surface area contributed by atoms with Crippen molar-refractivity contribution in [1.82, 2.24) is 19.5 Å². The van der Waals surface area contributed by atoms with E-state index in [1.54, 1.807) is 0 Å². The lowest BCUT2D eigenvalue weighted by Gasteiger charge is -2.50. The first-order chi connectivity index (χ1) is 16.7. The largest absolute Gasteiger partial charge is 0.478 e. The number of aliphatic hydroxyl groups is 1. The molecule has 2 fully saturated rings. The molecule has 2 amide bonds. The number of hydrogen-bond acceptors (Lipinski definition) is 13. The number of carboxylic acid groups (broad SMARTS) is 1. The molecule has 0 aromatic carbocycles. The fourth-order valence-electron chi connectivity index (χ4n) is 3.37. The Labute approximate surface area is 208 Å². The zero-order valence-electron chi connectivity index (χ0n) is 19.0. The molecule has 0 saturated carbocycles. The maximum Gasteiger partial charge on any atom is 0.410 e. The molecule has 2 aliphatic heterocycles. The highest BCUT2D eigenvalue weighted by atomic mass is 32.2. The lowest BCUT2D eigenvalue weighted by molar-refractivity contribution is -0.161. The number of ether oxygens (including phenoxy) is 1. The monoisotopic (exact) mass is 551 g/mol. The van der Waals surface area contributed by atoms with Crippen LogP contribution in [0.3, 0.4) is 0 Å². The van der Waals surface area contributed by atoms with Gasteiger partial charge in [-0.05, 0) is 13.8 Å². The molecule has 2 aliphatic rings. The summed E-state index contributed by atoms with van der Waals surface area (Å²) >= 11 is 0.953. The minimum atomic E-state index is -4.94. The highest BCUT2D eigenvalue weighted by molar-refractivity contribution is 7.83. The van der Waals surface area contributed by atoms with Crippen molar-refractivity contribution >= 4 is 50.5 Å². The van der Waals surface area contributed by atoms with E-state index in [0.717, 1.165) is 16.2 Å². The summed E-state index contributed by atoms with van der Waals surface area (Å²) in [5.74, 6) is -2.41. The molecule has 200 valence electrons. The number of anilines is 1. The predicted octanol–water partition coefficient (Wildman–Crippen LogP) is -2.62. The number of nitrogens with two attached hydrogens (primary N) is 2. The van der Waals surface area contributed by atoms with Crippen LogP contribution in [0.4, 0.5) is 9.93 Å². The number of carbonyl (C=O) groups is 3. The standard InChI is InChI=1S/C17H25N7O10S2/c1-17(2,14(27)28)34-22-10(8-6-35-15(19)20-8)12(25)21-11-9(24(13(11)26)36(30,31)32)5-23-4-7(3-18)33-16(23)29/h6-7,9,11,13,26H,3-5,18H2,1-2H3,(H2,19,20)(H,21,25)(H,27,28)(H,30,31,32)/b22-10-/t7-,9+,11-,13?/m0/s1. The molecule has 3 heterocycles. The lowest BCUT2D eigenvalue weighted by atomic mass is 9.96. The quantitative estimate of drug-likeness (QED) is 0.0989. The van der Waals surface area contributed by atoms with Crippen molar-refractivity contribution in [3.63, 3.8) is 0 Å². The van der Waals surface area contributed by atoms with Gasteiger partial charge in [-0.15, -0.1) is 15.6 Å². The van der Waals surface area contributed by atoms with E-state index in [1.165, 1.54) is 19.2 Å². The third-order valence-electron chi connectivity index (χ3n) is 5.37. The van der Waals surface area contributed by atoms with Gasteiger partial charge in [0.1, 0.15) is 18.0 Å². The first-order valence-corrected chi connectivity index (χ1v) is 12.5. The van der Waals surface area contributed by atoms with Gasteiger partial charge in [-0.25, -0.2) is 14.6 Å². The number of hydrogen-bond donors (Lipinski definition) is 6. The highest BCUT2D eigenvalue weighted by Gasteiger charge is 2.56. The summed E-state index contributed by atoms with van der Waals surface area (Å²) in [5, 5.41) is 27.0. The van der Waals surface area contributed by atoms with E-state index in [0.29, 0.717) is 4.31 Å². The molecule has 1 unspecified atom stereocenters. The van der Waals surface area contributed by atoms with Gasteiger partial charge < -0.3 is 41.5 Å². The molecule has 19 heteroatoms. The average molecular weight is 552 g/mol. The van der Waals surface area contributed by atoms with E-state index >= 15 is 0 Å². The molecular formula is C17H25N7O10S2. The second kappa shape index (κ2) is 10.1. The third-order valence-corrected chi connectivity index (χ3v) is 7.06. The van der Waals surface area contributed by atoms with Crippen LogP contribution in [0, 0.1) is 0 Å². The molecule has 4 atom stereocenters. The Balaban J connectivity index is 1.86. The third kappa shape index (κ3) is 5.65. The summed E-state index contributed by atoms with van der Waals surface area (Å²) in [4.78, 5) is 46.5. The van der Waals surface area contributed by atoms with Crippen molar-refractivity contribution in [2.45, 2.75) is 43.9 Å². The molecule has 2 saturated heterocycles. The van der Waals surface area contributed by atoms with Crippen LogP contribution in [-0.4, -0.2) is 111 Å². The number of aliphatic hydroxyl groups excluding tert-OH is 1. The Morgan fingerprint density at radius 2 is 2.11 bits per heavy atom. The molecular weight excluding hydrogens is 526 g/mol. The second-order valence-electron chi connectivity index (χ2n) is 8.35. The number of thiazole rings is 1. The van der Waals surface area contributed by atoms with Gasteiger partial charge in [-0.1, -0.05) is 5.16 Å². The number of carbonyl (C=O) groups excluding carboxylic acids is 2. The van der Waals surface area contributed by atoms with Crippen molar-refractivity contribution in [2.75, 3.05) is 25.4 Å². The number of rotatable bonds is 10. The summed E-state index contributed by atoms with van der Waals surface area (Å²) in [7, 11) is -4.94. The van der Waals surface area contributed by atoms with Crippen LogP contribution < -0.4 is 16.8 Å². The topological polar surface area (TPSA) is 260 Å². The number of oxime groups is 1. The molecule has 0 aliphatic carbocycles. The number of cyclic esters (lactones) is 1. The second-order valence-corrected chi connectivity index (χ2v) is 10.6. The maximum atomic E-state index is 13.1. The summed E-state index contributed by atoms with van der Waals surface area (Å²) in [6.07, 6.45) is -3.34. The minimum absolute atomic E-state index is 0.0149. The van der Waals surface area contributed by atoms with Crippen LogP contribution >= 0.6 is 11.3 Å². The van der Waals surface area contributed by atoms with Gasteiger partial charge in [0.25, 0.3) is 5.91 Å². The summed E-state index contributed by atoms with van der Waals surface area (Å²) in [5.41, 5.74) is 8.67. The van der Waals surface area contributed by atoms with E-state index in [9.17, 15) is 37.6 Å². The highest BCUT2D eigenvalue weighted by Crippen LogP contribution is 2.30. The Morgan fingerprint density at radius 1 is 1.44 bits per heavy atom. The Morgan fingerprint density at radius 3 is 2.61 bits per heavy atom. The van der Waals surface area contributed by atoms with E-state index < -0.39 is 64.0 Å². The first kappa shape index (κ1) is 27.5. The Hall–Kier alpha value is -3.10. The molecule has 0 bridgehead atoms. The molecule has 3 rings (SSSR count).